The molecule has 3 nitrogen and oxygen atoms in total. The van der Waals surface area contributed by atoms with E-state index in [0.717, 1.165) is 31.7 Å². The first-order chi connectivity index (χ1) is 7.83. The van der Waals surface area contributed by atoms with Crippen LogP contribution in [0.3, 0.4) is 0 Å². The van der Waals surface area contributed by atoms with Gasteiger partial charge in [-0.3, -0.25) is 4.90 Å². The zero-order valence-electron chi connectivity index (χ0n) is 9.30. The molecule has 0 radical (unpaired) electrons. The Balaban J connectivity index is 1.59. The second-order valence-electron chi connectivity index (χ2n) is 4.72. The third-order valence-electron chi connectivity index (χ3n) is 3.67. The molecule has 1 aromatic carbocycles. The summed E-state index contributed by atoms with van der Waals surface area (Å²) in [4.78, 5) is 2.49. The van der Waals surface area contributed by atoms with Crippen LogP contribution in [0, 0.1) is 0 Å². The number of hydrogen-bond donors (Lipinski definition) is 1. The molecule has 1 N–H and O–H groups in total. The fraction of sp³-hybridized carbons (Fsp3) is 0.538. The molecule has 0 aromatic heterocycles. The number of aromatic hydroxyl groups is 1. The number of phenolic OH excluding ortho intramolecular Hbond substituents is 1. The predicted molar refractivity (Wildman–Crippen MR) is 61.5 cm³/mol. The van der Waals surface area contributed by atoms with E-state index in [9.17, 15) is 5.11 Å². The van der Waals surface area contributed by atoms with E-state index < -0.39 is 0 Å². The minimum Gasteiger partial charge on any atom is -0.508 e. The van der Waals surface area contributed by atoms with Crippen LogP contribution < -0.4 is 0 Å². The number of benzene rings is 1. The number of nitrogens with zero attached hydrogens (tertiary/aromatic N) is 1. The summed E-state index contributed by atoms with van der Waals surface area (Å²) in [7, 11) is 0. The van der Waals surface area contributed by atoms with Crippen LogP contribution in [0.1, 0.15) is 12.0 Å². The van der Waals surface area contributed by atoms with Crippen LogP contribution in [0.4, 0.5) is 0 Å². The topological polar surface area (TPSA) is 32.7 Å². The summed E-state index contributed by atoms with van der Waals surface area (Å²) in [5.41, 5.74) is 1.05. The summed E-state index contributed by atoms with van der Waals surface area (Å²) < 4.78 is 5.57. The summed E-state index contributed by atoms with van der Waals surface area (Å²) in [6.45, 7) is 2.99. The third kappa shape index (κ3) is 1.81. The molecule has 2 unspecified atom stereocenters. The maximum atomic E-state index is 9.67. The number of morpholine rings is 1. The highest BCUT2D eigenvalue weighted by atomic mass is 16.5. The van der Waals surface area contributed by atoms with E-state index in [2.05, 4.69) is 4.90 Å². The minimum atomic E-state index is 0.420. The molecule has 2 aliphatic rings. The summed E-state index contributed by atoms with van der Waals surface area (Å²) >= 11 is 0. The second kappa shape index (κ2) is 4.07. The van der Waals surface area contributed by atoms with E-state index in [1.165, 1.54) is 6.42 Å². The Hall–Kier alpha value is -1.06. The number of likely N-dealkylation sites (tertiary alicyclic amines) is 1. The van der Waals surface area contributed by atoms with Gasteiger partial charge in [-0.25, -0.2) is 0 Å². The van der Waals surface area contributed by atoms with Crippen molar-refractivity contribution in [2.24, 2.45) is 0 Å². The molecule has 2 saturated heterocycles. The van der Waals surface area contributed by atoms with Crippen molar-refractivity contribution in [1.82, 2.24) is 4.90 Å². The molecule has 2 aliphatic heterocycles. The number of hydrogen-bond acceptors (Lipinski definition) is 3. The Morgan fingerprint density at radius 1 is 1.38 bits per heavy atom. The quantitative estimate of drug-likeness (QED) is 0.834. The number of rotatable bonds is 3. The molecule has 1 aromatic rings. The monoisotopic (exact) mass is 219 g/mol. The number of para-hydroxylation sites is 1. The van der Waals surface area contributed by atoms with Gasteiger partial charge in [0.15, 0.2) is 0 Å². The molecule has 3 heteroatoms. The van der Waals surface area contributed by atoms with Crippen molar-refractivity contribution in [3.05, 3.63) is 29.8 Å². The van der Waals surface area contributed by atoms with Crippen LogP contribution >= 0.6 is 0 Å². The number of fused-ring (bicyclic) bond motifs is 2. The fourth-order valence-corrected chi connectivity index (χ4v) is 2.74. The largest absolute Gasteiger partial charge is 0.508 e. The minimum absolute atomic E-state index is 0.420. The molecular weight excluding hydrogens is 202 g/mol. The van der Waals surface area contributed by atoms with Gasteiger partial charge in [0.1, 0.15) is 5.75 Å². The zero-order valence-corrected chi connectivity index (χ0v) is 9.30. The van der Waals surface area contributed by atoms with Crippen molar-refractivity contribution in [3.8, 4) is 5.75 Å². The van der Waals surface area contributed by atoms with Gasteiger partial charge in [0.05, 0.1) is 12.7 Å². The highest BCUT2D eigenvalue weighted by Gasteiger charge is 2.38. The van der Waals surface area contributed by atoms with Crippen LogP contribution in [-0.4, -0.2) is 41.8 Å². The van der Waals surface area contributed by atoms with Crippen molar-refractivity contribution >= 4 is 0 Å². The highest BCUT2D eigenvalue weighted by Crippen LogP contribution is 2.28. The first-order valence-corrected chi connectivity index (χ1v) is 5.95. The standard InChI is InChI=1S/C13H17NO2/c15-13-4-2-1-3-10(13)5-6-14-8-12-7-11(14)9-16-12/h1-4,11-12,15H,5-9H2. The molecule has 0 aliphatic carbocycles. The molecule has 2 fully saturated rings. The first-order valence-electron chi connectivity index (χ1n) is 5.95. The van der Waals surface area contributed by atoms with E-state index in [-0.39, 0.29) is 0 Å². The number of phenols is 1. The molecule has 3 rings (SSSR count). The lowest BCUT2D eigenvalue weighted by molar-refractivity contribution is 0.0311. The van der Waals surface area contributed by atoms with Crippen LogP contribution in [0.2, 0.25) is 0 Å². The fourth-order valence-electron chi connectivity index (χ4n) is 2.74. The van der Waals surface area contributed by atoms with Crippen molar-refractivity contribution < 1.29 is 9.84 Å². The molecule has 0 spiro atoms. The Morgan fingerprint density at radius 3 is 2.94 bits per heavy atom. The third-order valence-corrected chi connectivity index (χ3v) is 3.67. The van der Waals surface area contributed by atoms with Gasteiger partial charge in [0.25, 0.3) is 0 Å². The Kier molecular flexibility index (Phi) is 2.58. The SMILES string of the molecule is Oc1ccccc1CCN1CC2CC1CO2. The summed E-state index contributed by atoms with van der Waals surface area (Å²) in [5.74, 6) is 0.420. The average Bonchev–Trinajstić information content (AvgIpc) is 2.90. The molecule has 86 valence electrons. The first kappa shape index (κ1) is 10.1. The smallest absolute Gasteiger partial charge is 0.118 e. The molecule has 2 atom stereocenters. The maximum Gasteiger partial charge on any atom is 0.118 e. The van der Waals surface area contributed by atoms with Crippen LogP contribution in [0.15, 0.2) is 24.3 Å². The molecule has 0 saturated carbocycles. The lowest BCUT2D eigenvalue weighted by atomic mass is 10.1. The van der Waals surface area contributed by atoms with Crippen LogP contribution in [-0.2, 0) is 11.2 Å². The van der Waals surface area contributed by atoms with Crippen LogP contribution in [0.25, 0.3) is 0 Å². The van der Waals surface area contributed by atoms with Gasteiger partial charge in [-0.05, 0) is 24.5 Å². The van der Waals surface area contributed by atoms with E-state index in [4.69, 9.17) is 4.74 Å². The van der Waals surface area contributed by atoms with Gasteiger partial charge in [0, 0.05) is 19.1 Å². The van der Waals surface area contributed by atoms with Gasteiger partial charge >= 0.3 is 0 Å². The van der Waals surface area contributed by atoms with Crippen molar-refractivity contribution in [1.29, 1.82) is 0 Å². The van der Waals surface area contributed by atoms with E-state index in [1.807, 2.05) is 18.2 Å². The van der Waals surface area contributed by atoms with Crippen molar-refractivity contribution in [2.45, 2.75) is 25.0 Å². The van der Waals surface area contributed by atoms with E-state index >= 15 is 0 Å². The zero-order chi connectivity index (χ0) is 11.0. The predicted octanol–water partition coefficient (Wildman–Crippen LogP) is 1.41. The average molecular weight is 219 g/mol. The van der Waals surface area contributed by atoms with Gasteiger partial charge < -0.3 is 9.84 Å². The second-order valence-corrected chi connectivity index (χ2v) is 4.72. The Morgan fingerprint density at radius 2 is 2.25 bits per heavy atom. The molecule has 2 bridgehead atoms. The lowest BCUT2D eigenvalue weighted by Crippen LogP contribution is -2.38. The van der Waals surface area contributed by atoms with E-state index in [0.29, 0.717) is 17.9 Å². The molecule has 2 heterocycles. The van der Waals surface area contributed by atoms with Crippen molar-refractivity contribution in [2.75, 3.05) is 19.7 Å². The summed E-state index contributed by atoms with van der Waals surface area (Å²) in [6, 6.07) is 8.23. The number of ether oxygens (including phenoxy) is 1. The Bertz CT molecular complexity index is 380. The van der Waals surface area contributed by atoms with Crippen LogP contribution in [0.5, 0.6) is 5.75 Å². The summed E-state index contributed by atoms with van der Waals surface area (Å²) in [6.07, 6.45) is 2.59. The van der Waals surface area contributed by atoms with Gasteiger partial charge in [-0.15, -0.1) is 0 Å². The highest BCUT2D eigenvalue weighted by molar-refractivity contribution is 5.31. The normalized spacial score (nSPS) is 28.8. The lowest BCUT2D eigenvalue weighted by Gasteiger charge is -2.26. The van der Waals surface area contributed by atoms with Gasteiger partial charge in [0.2, 0.25) is 0 Å². The van der Waals surface area contributed by atoms with Gasteiger partial charge in [-0.1, -0.05) is 18.2 Å². The summed E-state index contributed by atoms with van der Waals surface area (Å²) in [5, 5.41) is 9.67. The molecule has 0 amide bonds. The molecule has 16 heavy (non-hydrogen) atoms. The van der Waals surface area contributed by atoms with Gasteiger partial charge in [-0.2, -0.15) is 0 Å². The maximum absolute atomic E-state index is 9.67. The molecular formula is C13H17NO2. The van der Waals surface area contributed by atoms with Crippen molar-refractivity contribution in [3.63, 3.8) is 0 Å². The van der Waals surface area contributed by atoms with E-state index in [1.54, 1.807) is 6.07 Å². The Labute approximate surface area is 95.6 Å².